The van der Waals surface area contributed by atoms with Gasteiger partial charge < -0.3 is 14.4 Å². The monoisotopic (exact) mass is 401 g/mol. The Morgan fingerprint density at radius 3 is 2.46 bits per heavy atom. The fourth-order valence-electron chi connectivity index (χ4n) is 3.36. The highest BCUT2D eigenvalue weighted by molar-refractivity contribution is 6.42. The number of rotatable bonds is 5. The first kappa shape index (κ1) is 21.3. The van der Waals surface area contributed by atoms with E-state index >= 15 is 0 Å². The molecule has 0 radical (unpaired) electrons. The molecule has 4 nitrogen and oxygen atoms in total. The number of carbonyl (C=O) groups is 1. The number of halogens is 2. The molecular weight excluding hydrogens is 373 g/mol. The topological polar surface area (TPSA) is 38.8 Å². The number of carbonyl (C=O) groups excluding carboxylic acids is 1. The summed E-state index contributed by atoms with van der Waals surface area (Å²) in [5.74, 6) is 0. The van der Waals surface area contributed by atoms with Gasteiger partial charge in [0.1, 0.15) is 5.60 Å². The van der Waals surface area contributed by atoms with E-state index in [0.29, 0.717) is 16.6 Å². The number of hydrogen-bond donors (Lipinski definition) is 0. The molecular formula is C20H29Cl2NO3. The van der Waals surface area contributed by atoms with Gasteiger partial charge in [-0.3, -0.25) is 0 Å². The summed E-state index contributed by atoms with van der Waals surface area (Å²) in [7, 11) is 1.78. The fraction of sp³-hybridized carbons (Fsp3) is 0.650. The molecule has 0 spiro atoms. The summed E-state index contributed by atoms with van der Waals surface area (Å²) >= 11 is 12.3. The fourth-order valence-corrected chi connectivity index (χ4v) is 3.65. The first-order valence-corrected chi connectivity index (χ1v) is 9.86. The summed E-state index contributed by atoms with van der Waals surface area (Å²) in [6.45, 7) is 7.75. The molecule has 0 aromatic heterocycles. The maximum Gasteiger partial charge on any atom is 0.410 e. The zero-order valence-corrected chi connectivity index (χ0v) is 17.6. The van der Waals surface area contributed by atoms with E-state index in [1.54, 1.807) is 11.9 Å². The molecule has 1 amide bonds. The van der Waals surface area contributed by atoms with Gasteiger partial charge in [-0.15, -0.1) is 0 Å². The molecule has 26 heavy (non-hydrogen) atoms. The lowest BCUT2D eigenvalue weighted by molar-refractivity contribution is 0.0269. The molecule has 1 aliphatic rings. The maximum atomic E-state index is 12.1. The number of amides is 1. The standard InChI is InChI=1S/C20H29Cl2NO3/c1-19(2,3)26-18(24)23(4)11-5-8-20(9-12-25-13-10-20)15-6-7-16(21)17(22)14-15/h6-7,14H,5,8-13H2,1-4H3. The van der Waals surface area contributed by atoms with Crippen molar-refractivity contribution in [1.29, 1.82) is 0 Å². The molecule has 0 unspecified atom stereocenters. The van der Waals surface area contributed by atoms with E-state index in [-0.39, 0.29) is 11.5 Å². The Morgan fingerprint density at radius 1 is 1.23 bits per heavy atom. The largest absolute Gasteiger partial charge is 0.444 e. The summed E-state index contributed by atoms with van der Waals surface area (Å²) in [5, 5.41) is 1.16. The van der Waals surface area contributed by atoms with E-state index in [9.17, 15) is 4.79 Å². The molecule has 1 heterocycles. The highest BCUT2D eigenvalue weighted by atomic mass is 35.5. The Labute approximate surface area is 166 Å². The van der Waals surface area contributed by atoms with Gasteiger partial charge in [0.15, 0.2) is 0 Å². The van der Waals surface area contributed by atoms with Gasteiger partial charge >= 0.3 is 6.09 Å². The lowest BCUT2D eigenvalue weighted by Gasteiger charge is -2.38. The third-order valence-electron chi connectivity index (χ3n) is 4.84. The molecule has 2 rings (SSSR count). The Kier molecular flexibility index (Phi) is 7.23. The summed E-state index contributed by atoms with van der Waals surface area (Å²) in [4.78, 5) is 13.8. The normalized spacial score (nSPS) is 17.0. The number of hydrogen-bond acceptors (Lipinski definition) is 3. The molecule has 146 valence electrons. The first-order valence-electron chi connectivity index (χ1n) is 9.10. The lowest BCUT2D eigenvalue weighted by atomic mass is 9.71. The SMILES string of the molecule is CN(CCCC1(c2ccc(Cl)c(Cl)c2)CCOCC1)C(=O)OC(C)(C)C. The van der Waals surface area contributed by atoms with Crippen LogP contribution in [-0.2, 0) is 14.9 Å². The molecule has 0 saturated carbocycles. The van der Waals surface area contributed by atoms with Gasteiger partial charge in [-0.05, 0) is 69.6 Å². The first-order chi connectivity index (χ1) is 12.1. The minimum Gasteiger partial charge on any atom is -0.444 e. The average molecular weight is 402 g/mol. The van der Waals surface area contributed by atoms with Crippen LogP contribution in [0.2, 0.25) is 10.0 Å². The van der Waals surface area contributed by atoms with Crippen LogP contribution in [-0.4, -0.2) is 43.4 Å². The van der Waals surface area contributed by atoms with Gasteiger partial charge in [-0.1, -0.05) is 29.3 Å². The smallest absolute Gasteiger partial charge is 0.410 e. The van der Waals surface area contributed by atoms with E-state index in [1.807, 2.05) is 32.9 Å². The van der Waals surface area contributed by atoms with E-state index in [2.05, 4.69) is 6.07 Å². The van der Waals surface area contributed by atoms with Crippen LogP contribution in [0.5, 0.6) is 0 Å². The van der Waals surface area contributed by atoms with Crippen molar-refractivity contribution >= 4 is 29.3 Å². The molecule has 1 aliphatic heterocycles. The molecule has 1 saturated heterocycles. The predicted molar refractivity (Wildman–Crippen MR) is 106 cm³/mol. The third kappa shape index (κ3) is 5.77. The quantitative estimate of drug-likeness (QED) is 0.635. The van der Waals surface area contributed by atoms with Crippen molar-refractivity contribution in [2.45, 2.75) is 57.5 Å². The average Bonchev–Trinajstić information content (AvgIpc) is 2.56. The van der Waals surface area contributed by atoms with Crippen LogP contribution >= 0.6 is 23.2 Å². The predicted octanol–water partition coefficient (Wildman–Crippen LogP) is 5.69. The minimum atomic E-state index is -0.479. The molecule has 1 aromatic rings. The van der Waals surface area contributed by atoms with E-state index < -0.39 is 5.60 Å². The van der Waals surface area contributed by atoms with Crippen LogP contribution < -0.4 is 0 Å². The van der Waals surface area contributed by atoms with Gasteiger partial charge in [-0.2, -0.15) is 0 Å². The maximum absolute atomic E-state index is 12.1. The van der Waals surface area contributed by atoms with Crippen molar-refractivity contribution in [3.05, 3.63) is 33.8 Å². The third-order valence-corrected chi connectivity index (χ3v) is 5.57. The van der Waals surface area contributed by atoms with E-state index in [0.717, 1.165) is 38.9 Å². The zero-order chi connectivity index (χ0) is 19.4. The molecule has 0 atom stereocenters. The molecule has 0 aliphatic carbocycles. The second-order valence-corrected chi connectivity index (χ2v) is 8.84. The Hall–Kier alpha value is -0.970. The van der Waals surface area contributed by atoms with Crippen LogP contribution in [0.15, 0.2) is 18.2 Å². The van der Waals surface area contributed by atoms with Gasteiger partial charge in [0, 0.05) is 26.8 Å². The zero-order valence-electron chi connectivity index (χ0n) is 16.1. The van der Waals surface area contributed by atoms with Crippen LogP contribution in [0.3, 0.4) is 0 Å². The molecule has 0 bridgehead atoms. The summed E-state index contributed by atoms with van der Waals surface area (Å²) in [5.41, 5.74) is 0.740. The van der Waals surface area contributed by atoms with Gasteiger partial charge in [-0.25, -0.2) is 4.79 Å². The number of nitrogens with zero attached hydrogens (tertiary/aromatic N) is 1. The van der Waals surface area contributed by atoms with E-state index in [4.69, 9.17) is 32.7 Å². The second-order valence-electron chi connectivity index (χ2n) is 8.03. The summed E-state index contributed by atoms with van der Waals surface area (Å²) in [6, 6.07) is 5.91. The van der Waals surface area contributed by atoms with Gasteiger partial charge in [0.05, 0.1) is 10.0 Å². The van der Waals surface area contributed by atoms with Crippen molar-refractivity contribution in [2.75, 3.05) is 26.8 Å². The van der Waals surface area contributed by atoms with Crippen molar-refractivity contribution in [1.82, 2.24) is 4.90 Å². The number of benzene rings is 1. The number of ether oxygens (including phenoxy) is 2. The lowest BCUT2D eigenvalue weighted by Crippen LogP contribution is -2.37. The van der Waals surface area contributed by atoms with E-state index in [1.165, 1.54) is 5.56 Å². The van der Waals surface area contributed by atoms with Crippen LogP contribution in [0.4, 0.5) is 4.79 Å². The van der Waals surface area contributed by atoms with Crippen molar-refractivity contribution in [3.63, 3.8) is 0 Å². The molecule has 1 aromatic carbocycles. The molecule has 6 heteroatoms. The second kappa shape index (κ2) is 8.81. The Morgan fingerprint density at radius 2 is 1.88 bits per heavy atom. The van der Waals surface area contributed by atoms with Gasteiger partial charge in [0.2, 0.25) is 0 Å². The molecule has 1 fully saturated rings. The molecule has 0 N–H and O–H groups in total. The summed E-state index contributed by atoms with van der Waals surface area (Å²) < 4.78 is 11.0. The van der Waals surface area contributed by atoms with Crippen LogP contribution in [0, 0.1) is 0 Å². The van der Waals surface area contributed by atoms with Crippen LogP contribution in [0.25, 0.3) is 0 Å². The van der Waals surface area contributed by atoms with Gasteiger partial charge in [0.25, 0.3) is 0 Å². The van der Waals surface area contributed by atoms with Crippen molar-refractivity contribution < 1.29 is 14.3 Å². The van der Waals surface area contributed by atoms with Crippen LogP contribution in [0.1, 0.15) is 52.0 Å². The Balaban J connectivity index is 2.02. The summed E-state index contributed by atoms with van der Waals surface area (Å²) in [6.07, 6.45) is 3.45. The minimum absolute atomic E-state index is 0.0151. The highest BCUT2D eigenvalue weighted by Crippen LogP contribution is 2.41. The highest BCUT2D eigenvalue weighted by Gasteiger charge is 2.34. The van der Waals surface area contributed by atoms with Crippen molar-refractivity contribution in [3.8, 4) is 0 Å². The van der Waals surface area contributed by atoms with Crippen molar-refractivity contribution in [2.24, 2.45) is 0 Å². The Bertz CT molecular complexity index is 622.